The zero-order valence-electron chi connectivity index (χ0n) is 13.5. The molecule has 0 aliphatic carbocycles. The Morgan fingerprint density at radius 2 is 2.17 bits per heavy atom. The molecule has 1 aromatic carbocycles. The summed E-state index contributed by atoms with van der Waals surface area (Å²) in [4.78, 5) is 15.0. The van der Waals surface area contributed by atoms with Crippen molar-refractivity contribution in [1.82, 2.24) is 0 Å². The molecule has 0 atom stereocenters. The number of rotatable bonds is 6. The topological polar surface area (TPSA) is 66.5 Å². The van der Waals surface area contributed by atoms with E-state index in [9.17, 15) is 13.2 Å². The van der Waals surface area contributed by atoms with Gasteiger partial charge >= 0.3 is 0 Å². The first-order valence-corrected chi connectivity index (χ1v) is 10.5. The lowest BCUT2D eigenvalue weighted by Gasteiger charge is -2.17. The predicted octanol–water partition coefficient (Wildman–Crippen LogP) is 3.49. The highest BCUT2D eigenvalue weighted by molar-refractivity contribution is 7.92. The SMILES string of the molecule is CCCCS(=O)(=O)Nc1ccc2c(c1)N(C(=O)c1cccs1)CC2. The van der Waals surface area contributed by atoms with E-state index in [1.807, 2.05) is 30.5 Å². The van der Waals surface area contributed by atoms with E-state index in [4.69, 9.17) is 0 Å². The van der Waals surface area contributed by atoms with E-state index < -0.39 is 10.0 Å². The molecule has 3 rings (SSSR count). The number of thiophene rings is 1. The Morgan fingerprint density at radius 1 is 1.33 bits per heavy atom. The van der Waals surface area contributed by atoms with Crippen LogP contribution >= 0.6 is 11.3 Å². The first kappa shape index (κ1) is 17.0. The minimum Gasteiger partial charge on any atom is -0.307 e. The maximum atomic E-state index is 12.6. The number of fused-ring (bicyclic) bond motifs is 1. The van der Waals surface area contributed by atoms with Crippen LogP contribution in [0.5, 0.6) is 0 Å². The highest BCUT2D eigenvalue weighted by Gasteiger charge is 2.26. The van der Waals surface area contributed by atoms with Gasteiger partial charge in [0.05, 0.1) is 16.3 Å². The molecule has 0 saturated heterocycles. The van der Waals surface area contributed by atoms with Crippen molar-refractivity contribution in [2.24, 2.45) is 0 Å². The van der Waals surface area contributed by atoms with Crippen molar-refractivity contribution in [3.05, 3.63) is 46.2 Å². The summed E-state index contributed by atoms with van der Waals surface area (Å²) in [5, 5.41) is 1.88. The van der Waals surface area contributed by atoms with Gasteiger partial charge in [0.15, 0.2) is 0 Å². The molecule has 1 N–H and O–H groups in total. The molecule has 0 bridgehead atoms. The molecular formula is C17H20N2O3S2. The van der Waals surface area contributed by atoms with Gasteiger partial charge < -0.3 is 4.90 Å². The predicted molar refractivity (Wildman–Crippen MR) is 98.5 cm³/mol. The molecule has 0 radical (unpaired) electrons. The van der Waals surface area contributed by atoms with Crippen LogP contribution in [0.15, 0.2) is 35.7 Å². The fraction of sp³-hybridized carbons (Fsp3) is 0.353. The Hall–Kier alpha value is -1.86. The normalized spacial score (nSPS) is 13.8. The second-order valence-electron chi connectivity index (χ2n) is 5.80. The Bertz CT molecular complexity index is 830. The Balaban J connectivity index is 1.82. The molecule has 0 spiro atoms. The summed E-state index contributed by atoms with van der Waals surface area (Å²) in [6.45, 7) is 2.58. The van der Waals surface area contributed by atoms with Gasteiger partial charge in [0.2, 0.25) is 10.0 Å². The molecule has 1 aromatic heterocycles. The van der Waals surface area contributed by atoms with Crippen molar-refractivity contribution in [3.63, 3.8) is 0 Å². The summed E-state index contributed by atoms with van der Waals surface area (Å²) in [6, 6.07) is 9.09. The van der Waals surface area contributed by atoms with Gasteiger partial charge in [0, 0.05) is 12.2 Å². The Labute approximate surface area is 146 Å². The molecule has 0 unspecified atom stereocenters. The van der Waals surface area contributed by atoms with Crippen molar-refractivity contribution >= 4 is 38.6 Å². The van der Waals surface area contributed by atoms with Crippen molar-refractivity contribution < 1.29 is 13.2 Å². The number of amides is 1. The monoisotopic (exact) mass is 364 g/mol. The standard InChI is InChI=1S/C17H20N2O3S2/c1-2-3-11-24(21,22)18-14-7-6-13-8-9-19(15(13)12-14)17(20)16-5-4-10-23-16/h4-7,10,12,18H,2-3,8-9,11H2,1H3. The van der Waals surface area contributed by atoms with Gasteiger partial charge in [-0.3, -0.25) is 9.52 Å². The lowest BCUT2D eigenvalue weighted by atomic mass is 10.1. The maximum absolute atomic E-state index is 12.6. The molecule has 0 fully saturated rings. The number of hydrogen-bond donors (Lipinski definition) is 1. The lowest BCUT2D eigenvalue weighted by molar-refractivity contribution is 0.0993. The number of nitrogens with one attached hydrogen (secondary N) is 1. The van der Waals surface area contributed by atoms with E-state index in [0.29, 0.717) is 23.5 Å². The van der Waals surface area contributed by atoms with Crippen molar-refractivity contribution in [3.8, 4) is 0 Å². The summed E-state index contributed by atoms with van der Waals surface area (Å²) in [5.41, 5.74) is 2.37. The van der Waals surface area contributed by atoms with Crippen LogP contribution in [0.2, 0.25) is 0 Å². The summed E-state index contributed by atoms with van der Waals surface area (Å²) >= 11 is 1.41. The first-order chi connectivity index (χ1) is 11.5. The summed E-state index contributed by atoms with van der Waals surface area (Å²) in [6.07, 6.45) is 2.24. The third-order valence-corrected chi connectivity index (χ3v) is 6.23. The number of carbonyl (C=O) groups is 1. The van der Waals surface area contributed by atoms with Gasteiger partial charge in [0.1, 0.15) is 0 Å². The largest absolute Gasteiger partial charge is 0.307 e. The molecule has 7 heteroatoms. The second kappa shape index (κ2) is 6.94. The zero-order valence-corrected chi connectivity index (χ0v) is 15.1. The molecule has 5 nitrogen and oxygen atoms in total. The van der Waals surface area contributed by atoms with E-state index in [-0.39, 0.29) is 11.7 Å². The number of nitrogens with zero attached hydrogens (tertiary/aromatic N) is 1. The number of unbranched alkanes of at least 4 members (excludes halogenated alkanes) is 1. The number of carbonyl (C=O) groups excluding carboxylic acids is 1. The van der Waals surface area contributed by atoms with Crippen LogP contribution in [0, 0.1) is 0 Å². The molecule has 1 aliphatic heterocycles. The second-order valence-corrected chi connectivity index (χ2v) is 8.59. The van der Waals surface area contributed by atoms with Crippen LogP contribution in [0.4, 0.5) is 11.4 Å². The zero-order chi connectivity index (χ0) is 17.2. The third-order valence-electron chi connectivity index (χ3n) is 4.00. The van der Waals surface area contributed by atoms with Gasteiger partial charge in [-0.2, -0.15) is 0 Å². The number of benzene rings is 1. The van der Waals surface area contributed by atoms with Crippen molar-refractivity contribution in [1.29, 1.82) is 0 Å². The van der Waals surface area contributed by atoms with Crippen LogP contribution < -0.4 is 9.62 Å². The molecular weight excluding hydrogens is 344 g/mol. The van der Waals surface area contributed by atoms with E-state index >= 15 is 0 Å². The minimum absolute atomic E-state index is 0.0326. The van der Waals surface area contributed by atoms with Crippen LogP contribution in [0.1, 0.15) is 35.0 Å². The molecule has 128 valence electrons. The molecule has 1 aliphatic rings. The van der Waals surface area contributed by atoms with Crippen LogP contribution in [-0.2, 0) is 16.4 Å². The quantitative estimate of drug-likeness (QED) is 0.853. The van der Waals surface area contributed by atoms with Gasteiger partial charge in [-0.25, -0.2) is 8.42 Å². The van der Waals surface area contributed by atoms with Crippen molar-refractivity contribution in [2.75, 3.05) is 21.9 Å². The van der Waals surface area contributed by atoms with E-state index in [2.05, 4.69) is 4.72 Å². The van der Waals surface area contributed by atoms with Gasteiger partial charge in [0.25, 0.3) is 5.91 Å². The summed E-state index contributed by atoms with van der Waals surface area (Å²) < 4.78 is 26.8. The van der Waals surface area contributed by atoms with E-state index in [1.165, 1.54) is 11.3 Å². The van der Waals surface area contributed by atoms with E-state index in [0.717, 1.165) is 24.1 Å². The van der Waals surface area contributed by atoms with Gasteiger partial charge in [-0.05, 0) is 42.0 Å². The maximum Gasteiger partial charge on any atom is 0.268 e. The average Bonchev–Trinajstić information content (AvgIpc) is 3.21. The number of anilines is 2. The molecule has 24 heavy (non-hydrogen) atoms. The Kier molecular flexibility index (Phi) is 4.91. The first-order valence-electron chi connectivity index (χ1n) is 7.99. The highest BCUT2D eigenvalue weighted by Crippen LogP contribution is 2.33. The molecule has 2 heterocycles. The summed E-state index contributed by atoms with van der Waals surface area (Å²) in [7, 11) is -3.35. The third kappa shape index (κ3) is 3.62. The Morgan fingerprint density at radius 3 is 2.88 bits per heavy atom. The van der Waals surface area contributed by atoms with Gasteiger partial charge in [-0.1, -0.05) is 25.5 Å². The molecule has 0 saturated carbocycles. The number of hydrogen-bond acceptors (Lipinski definition) is 4. The smallest absolute Gasteiger partial charge is 0.268 e. The lowest BCUT2D eigenvalue weighted by Crippen LogP contribution is -2.28. The highest BCUT2D eigenvalue weighted by atomic mass is 32.2. The van der Waals surface area contributed by atoms with Crippen molar-refractivity contribution in [2.45, 2.75) is 26.2 Å². The molecule has 2 aromatic rings. The number of sulfonamides is 1. The fourth-order valence-corrected chi connectivity index (χ4v) is 4.68. The van der Waals surface area contributed by atoms with Crippen LogP contribution in [0.3, 0.4) is 0 Å². The van der Waals surface area contributed by atoms with Gasteiger partial charge in [-0.15, -0.1) is 11.3 Å². The molecule has 1 amide bonds. The average molecular weight is 364 g/mol. The minimum atomic E-state index is -3.35. The van der Waals surface area contributed by atoms with Crippen LogP contribution in [-0.4, -0.2) is 26.6 Å². The van der Waals surface area contributed by atoms with E-state index in [1.54, 1.807) is 17.0 Å². The van der Waals surface area contributed by atoms with Crippen LogP contribution in [0.25, 0.3) is 0 Å². The summed E-state index contributed by atoms with van der Waals surface area (Å²) in [5.74, 6) is 0.0769. The fourth-order valence-electron chi connectivity index (χ4n) is 2.75.